The van der Waals surface area contributed by atoms with Crippen LogP contribution in [-0.2, 0) is 9.59 Å². The lowest BCUT2D eigenvalue weighted by atomic mass is 10.1. The number of benzene rings is 1. The minimum Gasteiger partial charge on any atom is -0.370 e. The van der Waals surface area contributed by atoms with Gasteiger partial charge in [0, 0.05) is 50.8 Å². The van der Waals surface area contributed by atoms with Gasteiger partial charge in [0.1, 0.15) is 0 Å². The molecule has 1 aromatic rings. The van der Waals surface area contributed by atoms with Gasteiger partial charge in [-0.1, -0.05) is 0 Å². The molecule has 0 aromatic heterocycles. The first kappa shape index (κ1) is 19.6. The molecule has 0 bridgehead atoms. The molecule has 0 unspecified atom stereocenters. The van der Waals surface area contributed by atoms with Crippen molar-refractivity contribution < 1.29 is 19.6 Å². The minimum absolute atomic E-state index is 0.0295. The molecule has 0 heterocycles. The molecule has 1 rings (SSSR count). The molecule has 0 atom stereocenters. The second-order valence-electron chi connectivity index (χ2n) is 5.53. The van der Waals surface area contributed by atoms with E-state index >= 15 is 0 Å². The van der Waals surface area contributed by atoms with Gasteiger partial charge in [-0.2, -0.15) is 0 Å². The Morgan fingerprint density at radius 2 is 1.71 bits per heavy atom. The number of carbonyl (C=O) groups is 3. The van der Waals surface area contributed by atoms with Gasteiger partial charge in [0.15, 0.2) is 5.78 Å². The Morgan fingerprint density at radius 3 is 2.21 bits per heavy atom. The molecule has 24 heavy (non-hydrogen) atoms. The summed E-state index contributed by atoms with van der Waals surface area (Å²) in [7, 11) is 1.69. The third kappa shape index (κ3) is 6.00. The van der Waals surface area contributed by atoms with E-state index in [1.54, 1.807) is 24.1 Å². The van der Waals surface area contributed by atoms with Crippen LogP contribution in [0, 0.1) is 0 Å². The average molecular weight is 335 g/mol. The monoisotopic (exact) mass is 335 g/mol. The molecule has 0 aliphatic carbocycles. The van der Waals surface area contributed by atoms with Crippen molar-refractivity contribution >= 4 is 23.3 Å². The normalized spacial score (nSPS) is 10.2. The first-order chi connectivity index (χ1) is 11.4. The van der Waals surface area contributed by atoms with E-state index < -0.39 is 5.91 Å². The number of carbonyl (C=O) groups excluding carboxylic acids is 3. The molecular formula is C17H25N3O4. The van der Waals surface area contributed by atoms with Gasteiger partial charge in [-0.05, 0) is 38.1 Å². The quantitative estimate of drug-likeness (QED) is 0.405. The summed E-state index contributed by atoms with van der Waals surface area (Å²) in [6.07, 6.45) is 0.0198. The highest BCUT2D eigenvalue weighted by molar-refractivity contribution is 5.94. The van der Waals surface area contributed by atoms with Crippen molar-refractivity contribution in [3.8, 4) is 0 Å². The van der Waals surface area contributed by atoms with Crippen LogP contribution in [0.2, 0.25) is 0 Å². The molecule has 1 aromatic carbocycles. The topological polar surface area (TPSA) is 90.0 Å². The molecular weight excluding hydrogens is 310 g/mol. The molecule has 7 heteroatoms. The summed E-state index contributed by atoms with van der Waals surface area (Å²) in [6, 6.07) is 7.38. The maximum atomic E-state index is 11.9. The van der Waals surface area contributed by atoms with Crippen molar-refractivity contribution in [3.63, 3.8) is 0 Å². The standard InChI is InChI=1S/C17H25N3O4/c1-4-20(15-7-5-14(6-8-15)13(2)21)12-11-19(3)17(23)10-9-16(22)18-24/h5-8,24H,4,9-12H2,1-3H3,(H,18,22). The van der Waals surface area contributed by atoms with Gasteiger partial charge in [0.2, 0.25) is 11.8 Å². The molecule has 2 amide bonds. The van der Waals surface area contributed by atoms with Gasteiger partial charge in [-0.25, -0.2) is 5.48 Å². The van der Waals surface area contributed by atoms with Crippen molar-refractivity contribution in [3.05, 3.63) is 29.8 Å². The fourth-order valence-corrected chi connectivity index (χ4v) is 2.24. The Kier molecular flexibility index (Phi) is 7.91. The Bertz CT molecular complexity index is 572. The van der Waals surface area contributed by atoms with E-state index in [4.69, 9.17) is 5.21 Å². The summed E-state index contributed by atoms with van der Waals surface area (Å²) in [5, 5.41) is 8.42. The van der Waals surface area contributed by atoms with Crippen LogP contribution in [0.25, 0.3) is 0 Å². The molecule has 0 saturated carbocycles. The fraction of sp³-hybridized carbons (Fsp3) is 0.471. The lowest BCUT2D eigenvalue weighted by Crippen LogP contribution is -2.36. The van der Waals surface area contributed by atoms with Crippen LogP contribution in [0.1, 0.15) is 37.0 Å². The van der Waals surface area contributed by atoms with Crippen LogP contribution in [-0.4, -0.2) is 54.4 Å². The number of hydrogen-bond acceptors (Lipinski definition) is 5. The van der Waals surface area contributed by atoms with Gasteiger partial charge < -0.3 is 9.80 Å². The number of rotatable bonds is 9. The molecule has 0 aliphatic rings. The zero-order valence-corrected chi connectivity index (χ0v) is 14.4. The van der Waals surface area contributed by atoms with Crippen molar-refractivity contribution in [2.45, 2.75) is 26.7 Å². The predicted octanol–water partition coefficient (Wildman–Crippen LogP) is 1.46. The van der Waals surface area contributed by atoms with Crippen LogP contribution >= 0.6 is 0 Å². The summed E-state index contributed by atoms with van der Waals surface area (Å²) in [5.74, 6) is -0.694. The van der Waals surface area contributed by atoms with Gasteiger partial charge in [0.25, 0.3) is 0 Å². The zero-order valence-electron chi connectivity index (χ0n) is 14.4. The van der Waals surface area contributed by atoms with Crippen LogP contribution in [0.5, 0.6) is 0 Å². The second-order valence-corrected chi connectivity index (χ2v) is 5.53. The Morgan fingerprint density at radius 1 is 1.08 bits per heavy atom. The summed E-state index contributed by atoms with van der Waals surface area (Å²) >= 11 is 0. The number of Topliss-reactive ketones (excluding diaryl/α,β-unsaturated/α-hetero) is 1. The number of anilines is 1. The summed E-state index contributed by atoms with van der Waals surface area (Å²) in [6.45, 7) is 5.48. The lowest BCUT2D eigenvalue weighted by Gasteiger charge is -2.26. The van der Waals surface area contributed by atoms with Crippen molar-refractivity contribution in [1.82, 2.24) is 10.4 Å². The first-order valence-electron chi connectivity index (χ1n) is 7.91. The van der Waals surface area contributed by atoms with Gasteiger partial charge in [-0.15, -0.1) is 0 Å². The number of nitrogens with one attached hydrogen (secondary N) is 1. The highest BCUT2D eigenvalue weighted by Crippen LogP contribution is 2.15. The van der Waals surface area contributed by atoms with E-state index in [1.807, 2.05) is 19.1 Å². The molecule has 0 aliphatic heterocycles. The first-order valence-corrected chi connectivity index (χ1v) is 7.91. The molecule has 0 fully saturated rings. The average Bonchev–Trinajstić information content (AvgIpc) is 2.59. The van der Waals surface area contributed by atoms with Crippen molar-refractivity contribution in [2.75, 3.05) is 31.6 Å². The number of hydroxylamine groups is 1. The van der Waals surface area contributed by atoms with Crippen LogP contribution in [0.4, 0.5) is 5.69 Å². The maximum Gasteiger partial charge on any atom is 0.243 e. The summed E-state index contributed by atoms with van der Waals surface area (Å²) < 4.78 is 0. The molecule has 0 spiro atoms. The van der Waals surface area contributed by atoms with Crippen LogP contribution in [0.3, 0.4) is 0 Å². The van der Waals surface area contributed by atoms with E-state index in [-0.39, 0.29) is 24.5 Å². The van der Waals surface area contributed by atoms with Gasteiger partial charge >= 0.3 is 0 Å². The smallest absolute Gasteiger partial charge is 0.243 e. The summed E-state index contributed by atoms with van der Waals surface area (Å²) in [4.78, 5) is 37.9. The van der Waals surface area contributed by atoms with E-state index in [0.29, 0.717) is 18.7 Å². The molecule has 2 N–H and O–H groups in total. The van der Waals surface area contributed by atoms with E-state index in [9.17, 15) is 14.4 Å². The van der Waals surface area contributed by atoms with Gasteiger partial charge in [0.05, 0.1) is 0 Å². The number of ketones is 1. The zero-order chi connectivity index (χ0) is 18.1. The molecule has 132 valence electrons. The molecule has 0 saturated heterocycles. The number of hydrogen-bond donors (Lipinski definition) is 2. The van der Waals surface area contributed by atoms with Gasteiger partial charge in [-0.3, -0.25) is 19.6 Å². The third-order valence-electron chi connectivity index (χ3n) is 3.84. The van der Waals surface area contributed by atoms with E-state index in [2.05, 4.69) is 4.90 Å². The van der Waals surface area contributed by atoms with Crippen LogP contribution in [0.15, 0.2) is 24.3 Å². The Balaban J connectivity index is 2.54. The second kappa shape index (κ2) is 9.67. The largest absolute Gasteiger partial charge is 0.370 e. The third-order valence-corrected chi connectivity index (χ3v) is 3.84. The Hall–Kier alpha value is -2.41. The van der Waals surface area contributed by atoms with Crippen molar-refractivity contribution in [2.24, 2.45) is 0 Å². The Labute approximate surface area is 142 Å². The highest BCUT2D eigenvalue weighted by atomic mass is 16.5. The minimum atomic E-state index is -0.572. The fourth-order valence-electron chi connectivity index (χ4n) is 2.24. The van der Waals surface area contributed by atoms with Crippen LogP contribution < -0.4 is 10.4 Å². The van der Waals surface area contributed by atoms with E-state index in [1.165, 1.54) is 12.4 Å². The van der Waals surface area contributed by atoms with E-state index in [0.717, 1.165) is 12.2 Å². The molecule has 0 radical (unpaired) electrons. The SMILES string of the molecule is CCN(CCN(C)C(=O)CCC(=O)NO)c1ccc(C(C)=O)cc1. The highest BCUT2D eigenvalue weighted by Gasteiger charge is 2.13. The number of nitrogens with zero attached hydrogens (tertiary/aromatic N) is 2. The maximum absolute atomic E-state index is 11.9. The number of amides is 2. The molecule has 7 nitrogen and oxygen atoms in total. The van der Waals surface area contributed by atoms with Crippen molar-refractivity contribution in [1.29, 1.82) is 0 Å². The summed E-state index contributed by atoms with van der Waals surface area (Å²) in [5.41, 5.74) is 3.17. The lowest BCUT2D eigenvalue weighted by molar-refractivity contribution is -0.135. The predicted molar refractivity (Wildman–Crippen MR) is 91.1 cm³/mol. The number of likely N-dealkylation sites (N-methyl/N-ethyl adjacent to an activating group) is 2.